The highest BCUT2D eigenvalue weighted by molar-refractivity contribution is 7.98. The number of aromatic nitrogens is 5. The van der Waals surface area contributed by atoms with E-state index < -0.39 is 58.8 Å². The second-order valence-corrected chi connectivity index (χ2v) is 13.4. The maximum atomic E-state index is 12.7. The van der Waals surface area contributed by atoms with Crippen molar-refractivity contribution in [3.63, 3.8) is 0 Å². The Labute approximate surface area is 204 Å². The molecule has 0 radical (unpaired) electrons. The summed E-state index contributed by atoms with van der Waals surface area (Å²) >= 11 is 6.07. The van der Waals surface area contributed by atoms with Gasteiger partial charge in [0, 0.05) is 6.04 Å². The summed E-state index contributed by atoms with van der Waals surface area (Å²) in [5.74, 6) is -0.758. The van der Waals surface area contributed by atoms with Gasteiger partial charge in [0.05, 0.1) is 11.9 Å². The zero-order valence-corrected chi connectivity index (χ0v) is 20.9. The van der Waals surface area contributed by atoms with E-state index in [4.69, 9.17) is 16.3 Å². The summed E-state index contributed by atoms with van der Waals surface area (Å²) in [7, 11) is -9.96. The topological polar surface area (TPSA) is 230 Å². The smallest absolute Gasteiger partial charge is 0.346 e. The van der Waals surface area contributed by atoms with E-state index in [1.54, 1.807) is 0 Å². The molecule has 4 rings (SSSR count). The molecule has 0 aromatic carbocycles. The van der Waals surface area contributed by atoms with Gasteiger partial charge in [-0.1, -0.05) is 18.1 Å². The first-order valence-corrected chi connectivity index (χ1v) is 14.6. The number of halogens is 1. The lowest BCUT2D eigenvalue weighted by Gasteiger charge is -2.23. The highest BCUT2D eigenvalue weighted by Gasteiger charge is 2.51. The van der Waals surface area contributed by atoms with Crippen LogP contribution in [-0.2, 0) is 19.1 Å². The van der Waals surface area contributed by atoms with Gasteiger partial charge in [0.25, 0.3) is 0 Å². The van der Waals surface area contributed by atoms with E-state index in [-0.39, 0.29) is 22.5 Å². The predicted octanol–water partition coefficient (Wildman–Crippen LogP) is -0.852. The Morgan fingerprint density at radius 2 is 1.89 bits per heavy atom. The maximum Gasteiger partial charge on any atom is 0.346 e. The molecule has 3 heterocycles. The minimum absolute atomic E-state index is 0.0577. The molecule has 2 aromatic heterocycles. The van der Waals surface area contributed by atoms with Gasteiger partial charge in [-0.05, 0) is 31.4 Å². The van der Waals surface area contributed by atoms with E-state index in [1.807, 2.05) is 0 Å². The zero-order valence-electron chi connectivity index (χ0n) is 18.4. The number of sulfone groups is 1. The number of anilines is 1. The number of fused-ring (bicyclic) bond motifs is 1. The monoisotopic (exact) mass is 556 g/mol. The van der Waals surface area contributed by atoms with Crippen LogP contribution in [-0.4, -0.2) is 99.7 Å². The highest BCUT2D eigenvalue weighted by Crippen LogP contribution is 2.47. The third-order valence-electron chi connectivity index (χ3n) is 6.08. The molecule has 15 nitrogen and oxygen atoms in total. The molecule has 0 amide bonds. The lowest BCUT2D eigenvalue weighted by molar-refractivity contribution is -0.0376. The Hall–Kier alpha value is -1.49. The van der Waals surface area contributed by atoms with Gasteiger partial charge < -0.3 is 35.2 Å². The summed E-state index contributed by atoms with van der Waals surface area (Å²) in [4.78, 5) is 24.6. The van der Waals surface area contributed by atoms with Crippen LogP contribution >= 0.6 is 19.2 Å². The van der Waals surface area contributed by atoms with Crippen LogP contribution in [0.3, 0.4) is 0 Å². The summed E-state index contributed by atoms with van der Waals surface area (Å²) in [6.07, 6.45) is -4.40. The molecule has 6 atom stereocenters. The van der Waals surface area contributed by atoms with Gasteiger partial charge in [-0.15, -0.1) is 5.10 Å². The summed E-state index contributed by atoms with van der Waals surface area (Å²) in [6.45, 7) is 0.924. The molecule has 0 bridgehead atoms. The number of rotatable bonds is 8. The van der Waals surface area contributed by atoms with Crippen LogP contribution in [0.25, 0.3) is 11.2 Å². The van der Waals surface area contributed by atoms with Crippen LogP contribution in [0.4, 0.5) is 5.82 Å². The Morgan fingerprint density at radius 1 is 1.23 bits per heavy atom. The molecule has 18 heteroatoms. The van der Waals surface area contributed by atoms with Crippen molar-refractivity contribution in [3.8, 4) is 0 Å². The van der Waals surface area contributed by atoms with Crippen molar-refractivity contribution in [1.82, 2.24) is 25.0 Å². The summed E-state index contributed by atoms with van der Waals surface area (Å²) < 4.78 is 43.6. The van der Waals surface area contributed by atoms with Crippen molar-refractivity contribution >= 4 is 46.0 Å². The fraction of sp³-hybridized carbons (Fsp3) is 0.765. The molecule has 2 unspecified atom stereocenters. The minimum atomic E-state index is -5.27. The molecule has 2 aliphatic rings. The molecule has 1 saturated carbocycles. The maximum absolute atomic E-state index is 12.7. The van der Waals surface area contributed by atoms with Crippen LogP contribution in [0.2, 0.25) is 5.28 Å². The molecule has 1 aliphatic carbocycles. The van der Waals surface area contributed by atoms with Crippen molar-refractivity contribution in [2.24, 2.45) is 0 Å². The third kappa shape index (κ3) is 5.31. The SMILES string of the molecule is CC(O)C(P(=O)(O)O)S(=O)(=O)C[C@H]1O[C@@H](n2nnc3c(NC4CCCC4)nc(Cl)nc32)[C@H](O)[C@@H]1O. The number of hydrogen-bond acceptors (Lipinski definition) is 12. The Morgan fingerprint density at radius 3 is 2.49 bits per heavy atom. The van der Waals surface area contributed by atoms with Crippen LogP contribution in [0.15, 0.2) is 0 Å². The molecule has 2 fully saturated rings. The van der Waals surface area contributed by atoms with Gasteiger partial charge in [-0.25, -0.2) is 8.42 Å². The van der Waals surface area contributed by atoms with E-state index in [1.165, 1.54) is 0 Å². The van der Waals surface area contributed by atoms with Crippen LogP contribution in [0.5, 0.6) is 0 Å². The summed E-state index contributed by atoms with van der Waals surface area (Å²) in [5.41, 5.74) is 0.278. The van der Waals surface area contributed by atoms with Crippen molar-refractivity contribution in [3.05, 3.63) is 5.28 Å². The number of nitrogens with one attached hydrogen (secondary N) is 1. The first kappa shape index (κ1) is 26.6. The second-order valence-electron chi connectivity index (χ2n) is 8.77. The first-order chi connectivity index (χ1) is 16.3. The fourth-order valence-electron chi connectivity index (χ4n) is 4.53. The highest BCUT2D eigenvalue weighted by atomic mass is 35.5. The Kier molecular flexibility index (Phi) is 7.41. The average Bonchev–Trinajstić information content (AvgIpc) is 3.43. The van der Waals surface area contributed by atoms with E-state index in [0.29, 0.717) is 5.82 Å². The number of nitrogens with zero attached hydrogens (tertiary/aromatic N) is 5. The van der Waals surface area contributed by atoms with E-state index in [9.17, 15) is 38.1 Å². The van der Waals surface area contributed by atoms with E-state index in [0.717, 1.165) is 37.3 Å². The quantitative estimate of drug-likeness (QED) is 0.172. The second kappa shape index (κ2) is 9.76. The van der Waals surface area contributed by atoms with Crippen LogP contribution in [0, 0.1) is 0 Å². The number of hydrogen-bond donors (Lipinski definition) is 6. The number of aliphatic hydroxyl groups excluding tert-OH is 3. The van der Waals surface area contributed by atoms with Gasteiger partial charge in [0.2, 0.25) is 5.28 Å². The third-order valence-corrected chi connectivity index (χ3v) is 11.1. The van der Waals surface area contributed by atoms with Crippen molar-refractivity contribution in [2.45, 2.75) is 74.3 Å². The first-order valence-electron chi connectivity index (χ1n) is 10.8. The molecule has 6 N–H and O–H groups in total. The number of aliphatic hydroxyl groups is 3. The molecule has 35 heavy (non-hydrogen) atoms. The van der Waals surface area contributed by atoms with Crippen LogP contribution in [0.1, 0.15) is 38.8 Å². The van der Waals surface area contributed by atoms with E-state index >= 15 is 0 Å². The Balaban J connectivity index is 1.61. The standard InChI is InChI=1S/C17H26ClN6O9PS/c1-7(25)16(34(28,29)30)35(31,32)6-9-11(26)12(27)15(33-9)24-14-10(22-23-24)13(20-17(18)21-14)19-8-4-2-3-5-8/h7-9,11-12,15-16,25-27H,2-6H2,1H3,(H,19,20,21)(H2,28,29,30)/t7?,9-,11-,12-,15-,16?/m1/s1. The van der Waals surface area contributed by atoms with E-state index in [2.05, 4.69) is 25.6 Å². The van der Waals surface area contributed by atoms with Crippen LogP contribution < -0.4 is 5.32 Å². The molecule has 1 aliphatic heterocycles. The van der Waals surface area contributed by atoms with Gasteiger partial charge in [0.1, 0.15) is 18.3 Å². The lowest BCUT2D eigenvalue weighted by atomic mass is 10.1. The normalized spacial score (nSPS) is 28.0. The molecule has 1 saturated heterocycles. The van der Waals surface area contributed by atoms with Gasteiger partial charge >= 0.3 is 7.60 Å². The van der Waals surface area contributed by atoms with Gasteiger partial charge in [-0.3, -0.25) is 4.57 Å². The minimum Gasteiger partial charge on any atom is -0.391 e. The summed E-state index contributed by atoms with van der Waals surface area (Å²) in [5, 5.41) is 41.8. The molecule has 0 spiro atoms. The lowest BCUT2D eigenvalue weighted by Crippen LogP contribution is -2.41. The average molecular weight is 557 g/mol. The zero-order chi connectivity index (χ0) is 25.7. The molecular formula is C17H26ClN6O9PS. The summed E-state index contributed by atoms with van der Waals surface area (Å²) in [6, 6.07) is 0.162. The molecule has 196 valence electrons. The molecular weight excluding hydrogens is 531 g/mol. The predicted molar refractivity (Wildman–Crippen MR) is 121 cm³/mol. The van der Waals surface area contributed by atoms with Gasteiger partial charge in [0.15, 0.2) is 38.0 Å². The van der Waals surface area contributed by atoms with Crippen molar-refractivity contribution < 1.29 is 42.8 Å². The number of ether oxygens (including phenoxy) is 1. The largest absolute Gasteiger partial charge is 0.391 e. The fourth-order valence-corrected chi connectivity index (χ4v) is 8.72. The van der Waals surface area contributed by atoms with Gasteiger partial charge in [-0.2, -0.15) is 14.6 Å². The van der Waals surface area contributed by atoms with Crippen molar-refractivity contribution in [1.29, 1.82) is 0 Å². The van der Waals surface area contributed by atoms with Crippen molar-refractivity contribution in [2.75, 3.05) is 11.1 Å². The Bertz CT molecular complexity index is 1230. The molecule has 2 aromatic rings.